The molecule has 3 N–H and O–H groups in total. The molecule has 0 radical (unpaired) electrons. The van der Waals surface area contributed by atoms with Gasteiger partial charge in [0.15, 0.2) is 0 Å². The highest BCUT2D eigenvalue weighted by atomic mass is 16.6. The molecule has 0 amide bonds. The first-order valence-electron chi connectivity index (χ1n) is 6.50. The molecular formula is C13H20N4O2. The number of para-hydroxylation sites is 1. The molecule has 0 aromatic heterocycles. The number of benzene rings is 1. The van der Waals surface area contributed by atoms with Crippen molar-refractivity contribution in [2.75, 3.05) is 12.0 Å². The van der Waals surface area contributed by atoms with Crippen LogP contribution >= 0.6 is 0 Å². The van der Waals surface area contributed by atoms with Crippen LogP contribution in [-0.2, 0) is 6.54 Å². The van der Waals surface area contributed by atoms with E-state index in [4.69, 9.17) is 5.84 Å². The van der Waals surface area contributed by atoms with E-state index in [0.29, 0.717) is 24.2 Å². The molecule has 0 bridgehead atoms. The van der Waals surface area contributed by atoms with Crippen molar-refractivity contribution in [2.24, 2.45) is 11.8 Å². The third kappa shape index (κ3) is 2.85. The van der Waals surface area contributed by atoms with Gasteiger partial charge in [-0.15, -0.1) is 0 Å². The van der Waals surface area contributed by atoms with E-state index in [1.165, 1.54) is 12.5 Å². The van der Waals surface area contributed by atoms with Crippen LogP contribution in [0.1, 0.15) is 25.8 Å². The van der Waals surface area contributed by atoms with Gasteiger partial charge in [0.25, 0.3) is 5.69 Å². The Labute approximate surface area is 112 Å². The fourth-order valence-electron chi connectivity index (χ4n) is 2.86. The minimum atomic E-state index is -0.408. The first-order chi connectivity index (χ1) is 9.02. The van der Waals surface area contributed by atoms with Gasteiger partial charge in [0, 0.05) is 25.2 Å². The summed E-state index contributed by atoms with van der Waals surface area (Å²) >= 11 is 0. The molecular weight excluding hydrogens is 244 g/mol. The molecule has 104 valence electrons. The lowest BCUT2D eigenvalue weighted by molar-refractivity contribution is -0.384. The fraction of sp³-hybridized carbons (Fsp3) is 0.538. The van der Waals surface area contributed by atoms with Crippen molar-refractivity contribution >= 4 is 11.4 Å². The van der Waals surface area contributed by atoms with Crippen molar-refractivity contribution in [3.63, 3.8) is 0 Å². The molecule has 2 atom stereocenters. The molecule has 1 aliphatic rings. The van der Waals surface area contributed by atoms with E-state index in [1.807, 2.05) is 6.07 Å². The number of anilines is 1. The first-order valence-corrected chi connectivity index (χ1v) is 6.50. The summed E-state index contributed by atoms with van der Waals surface area (Å²) in [4.78, 5) is 12.9. The Balaban J connectivity index is 2.25. The number of hydrogen-bond donors (Lipinski definition) is 2. The maximum absolute atomic E-state index is 11.0. The van der Waals surface area contributed by atoms with Gasteiger partial charge in [0.1, 0.15) is 5.69 Å². The van der Waals surface area contributed by atoms with E-state index >= 15 is 0 Å². The Kier molecular flexibility index (Phi) is 4.01. The molecule has 2 rings (SSSR count). The van der Waals surface area contributed by atoms with Crippen LogP contribution in [0.4, 0.5) is 11.4 Å². The average Bonchev–Trinajstić information content (AvgIpc) is 2.67. The standard InChI is InChI=1S/C13H20N4O2/c1-9-6-10(2)16(7-9)8-11-4-3-5-12(17(18)19)13(11)15-14/h3-5,9-10,15H,6-8,14H2,1-2H3. The van der Waals surface area contributed by atoms with Crippen molar-refractivity contribution in [1.82, 2.24) is 4.90 Å². The van der Waals surface area contributed by atoms with E-state index in [9.17, 15) is 10.1 Å². The second-order valence-electron chi connectivity index (χ2n) is 5.33. The van der Waals surface area contributed by atoms with Crippen molar-refractivity contribution in [3.8, 4) is 0 Å². The normalized spacial score (nSPS) is 23.5. The van der Waals surface area contributed by atoms with Crippen LogP contribution in [0.3, 0.4) is 0 Å². The summed E-state index contributed by atoms with van der Waals surface area (Å²) in [5.74, 6) is 6.12. The van der Waals surface area contributed by atoms with Crippen molar-refractivity contribution in [3.05, 3.63) is 33.9 Å². The lowest BCUT2D eigenvalue weighted by Gasteiger charge is -2.22. The summed E-state index contributed by atoms with van der Waals surface area (Å²) in [5.41, 5.74) is 3.79. The van der Waals surface area contributed by atoms with Gasteiger partial charge in [-0.05, 0) is 24.8 Å². The summed E-state index contributed by atoms with van der Waals surface area (Å²) in [6, 6.07) is 5.56. The smallest absolute Gasteiger partial charge is 0.293 e. The summed E-state index contributed by atoms with van der Waals surface area (Å²) in [6.45, 7) is 6.13. The number of likely N-dealkylation sites (tertiary alicyclic amines) is 1. The van der Waals surface area contributed by atoms with Gasteiger partial charge in [0.2, 0.25) is 0 Å². The molecule has 1 aliphatic heterocycles. The fourth-order valence-corrected chi connectivity index (χ4v) is 2.86. The molecule has 1 aromatic carbocycles. The zero-order valence-corrected chi connectivity index (χ0v) is 11.3. The largest absolute Gasteiger partial charge is 0.318 e. The Bertz CT molecular complexity index is 478. The van der Waals surface area contributed by atoms with Crippen LogP contribution in [0, 0.1) is 16.0 Å². The van der Waals surface area contributed by atoms with Crippen LogP contribution in [0.25, 0.3) is 0 Å². The predicted molar refractivity (Wildman–Crippen MR) is 74.6 cm³/mol. The highest BCUT2D eigenvalue weighted by Crippen LogP contribution is 2.31. The quantitative estimate of drug-likeness (QED) is 0.494. The molecule has 6 heteroatoms. The number of nitro benzene ring substituents is 1. The lowest BCUT2D eigenvalue weighted by atomic mass is 10.1. The summed E-state index contributed by atoms with van der Waals surface area (Å²) in [6.07, 6.45) is 1.17. The summed E-state index contributed by atoms with van der Waals surface area (Å²) in [7, 11) is 0. The Hall–Kier alpha value is -1.66. The molecule has 2 unspecified atom stereocenters. The lowest BCUT2D eigenvalue weighted by Crippen LogP contribution is -2.27. The minimum Gasteiger partial charge on any atom is -0.318 e. The number of rotatable bonds is 4. The summed E-state index contributed by atoms with van der Waals surface area (Å²) < 4.78 is 0. The molecule has 1 saturated heterocycles. The highest BCUT2D eigenvalue weighted by molar-refractivity contribution is 5.65. The molecule has 0 spiro atoms. The molecule has 0 aliphatic carbocycles. The van der Waals surface area contributed by atoms with Gasteiger partial charge in [-0.1, -0.05) is 19.1 Å². The van der Waals surface area contributed by atoms with Gasteiger partial charge in [-0.25, -0.2) is 0 Å². The predicted octanol–water partition coefficient (Wildman–Crippen LogP) is 2.11. The van der Waals surface area contributed by atoms with Gasteiger partial charge in [-0.3, -0.25) is 20.9 Å². The topological polar surface area (TPSA) is 84.4 Å². The second kappa shape index (κ2) is 5.54. The second-order valence-corrected chi connectivity index (χ2v) is 5.33. The monoisotopic (exact) mass is 264 g/mol. The van der Waals surface area contributed by atoms with E-state index in [2.05, 4.69) is 24.2 Å². The van der Waals surface area contributed by atoms with E-state index in [1.54, 1.807) is 6.07 Å². The highest BCUT2D eigenvalue weighted by Gasteiger charge is 2.27. The maximum Gasteiger partial charge on any atom is 0.293 e. The van der Waals surface area contributed by atoms with E-state index in [-0.39, 0.29) is 5.69 Å². The zero-order valence-electron chi connectivity index (χ0n) is 11.3. The molecule has 19 heavy (non-hydrogen) atoms. The molecule has 1 heterocycles. The number of nitrogens with two attached hydrogens (primary N) is 1. The van der Waals surface area contributed by atoms with Crippen LogP contribution in [-0.4, -0.2) is 22.4 Å². The number of nitrogens with zero attached hydrogens (tertiary/aromatic N) is 2. The van der Waals surface area contributed by atoms with Gasteiger partial charge >= 0.3 is 0 Å². The van der Waals surface area contributed by atoms with Gasteiger partial charge in [-0.2, -0.15) is 0 Å². The SMILES string of the molecule is CC1CC(C)N(Cc2cccc([N+](=O)[O-])c2NN)C1. The maximum atomic E-state index is 11.0. The summed E-state index contributed by atoms with van der Waals surface area (Å²) in [5, 5.41) is 11.0. The zero-order chi connectivity index (χ0) is 14.0. The molecule has 0 saturated carbocycles. The van der Waals surface area contributed by atoms with Crippen LogP contribution in [0.5, 0.6) is 0 Å². The molecule has 1 aromatic rings. The number of hydrogen-bond acceptors (Lipinski definition) is 5. The van der Waals surface area contributed by atoms with Crippen LogP contribution < -0.4 is 11.3 Å². The van der Waals surface area contributed by atoms with Crippen LogP contribution in [0.15, 0.2) is 18.2 Å². The van der Waals surface area contributed by atoms with Crippen molar-refractivity contribution in [1.29, 1.82) is 0 Å². The molecule has 6 nitrogen and oxygen atoms in total. The Morgan fingerprint density at radius 3 is 2.79 bits per heavy atom. The van der Waals surface area contributed by atoms with Gasteiger partial charge in [0.05, 0.1) is 4.92 Å². The number of nitro groups is 1. The third-order valence-electron chi connectivity index (χ3n) is 3.76. The van der Waals surface area contributed by atoms with Crippen molar-refractivity contribution in [2.45, 2.75) is 32.9 Å². The number of hydrazine groups is 1. The minimum absolute atomic E-state index is 0.0277. The number of nitrogens with one attached hydrogen (secondary N) is 1. The third-order valence-corrected chi connectivity index (χ3v) is 3.76. The van der Waals surface area contributed by atoms with E-state index in [0.717, 1.165) is 12.1 Å². The van der Waals surface area contributed by atoms with Gasteiger partial charge < -0.3 is 5.43 Å². The number of nitrogen functional groups attached to an aromatic ring is 1. The van der Waals surface area contributed by atoms with Crippen LogP contribution in [0.2, 0.25) is 0 Å². The van der Waals surface area contributed by atoms with E-state index < -0.39 is 4.92 Å². The average molecular weight is 264 g/mol. The Morgan fingerprint density at radius 1 is 1.53 bits per heavy atom. The molecule has 1 fully saturated rings. The van der Waals surface area contributed by atoms with Crippen molar-refractivity contribution < 1.29 is 4.92 Å². The Morgan fingerprint density at radius 2 is 2.26 bits per heavy atom. The first kappa shape index (κ1) is 13.8.